The van der Waals surface area contributed by atoms with Crippen molar-refractivity contribution in [3.63, 3.8) is 0 Å². The fourth-order valence-corrected chi connectivity index (χ4v) is 0.832. The third kappa shape index (κ3) is 1.92. The van der Waals surface area contributed by atoms with Crippen LogP contribution in [0.3, 0.4) is 0 Å². The van der Waals surface area contributed by atoms with Gasteiger partial charge in [-0.3, -0.25) is 0 Å². The van der Waals surface area contributed by atoms with E-state index in [9.17, 15) is 4.39 Å². The second kappa shape index (κ2) is 3.36. The van der Waals surface area contributed by atoms with Crippen LogP contribution in [0.1, 0.15) is 11.7 Å². The zero-order valence-corrected chi connectivity index (χ0v) is 6.35. The highest BCUT2D eigenvalue weighted by Crippen LogP contribution is 2.18. The van der Waals surface area contributed by atoms with E-state index in [2.05, 4.69) is 0 Å². The molecule has 0 fully saturated rings. The zero-order chi connectivity index (χ0) is 8.27. The van der Waals surface area contributed by atoms with Crippen LogP contribution in [0.2, 0.25) is 5.02 Å². The molecule has 0 aliphatic carbocycles. The lowest BCUT2D eigenvalue weighted by molar-refractivity contribution is 0.424. The standard InChI is InChI=1S/C8H5ClFN/c9-7-3-1-6(2-4-7)8(10)5-11/h1-4,8H/t8-/m1/s1. The number of nitriles is 1. The van der Waals surface area contributed by atoms with Crippen molar-refractivity contribution < 1.29 is 4.39 Å². The number of hydrogen-bond acceptors (Lipinski definition) is 1. The normalized spacial score (nSPS) is 12.1. The smallest absolute Gasteiger partial charge is 0.211 e. The third-order valence-corrected chi connectivity index (χ3v) is 1.53. The molecular weight excluding hydrogens is 165 g/mol. The fraction of sp³-hybridized carbons (Fsp3) is 0.125. The van der Waals surface area contributed by atoms with E-state index in [1.54, 1.807) is 12.1 Å². The summed E-state index contributed by atoms with van der Waals surface area (Å²) in [6, 6.07) is 7.60. The molecule has 0 aliphatic heterocycles. The van der Waals surface area contributed by atoms with Crippen LogP contribution in [0, 0.1) is 11.3 Å². The molecule has 1 atom stereocenters. The lowest BCUT2D eigenvalue weighted by atomic mass is 10.1. The lowest BCUT2D eigenvalue weighted by Gasteiger charge is -1.97. The van der Waals surface area contributed by atoms with E-state index < -0.39 is 6.17 Å². The Balaban J connectivity index is 2.92. The molecule has 0 unspecified atom stereocenters. The summed E-state index contributed by atoms with van der Waals surface area (Å²) in [6.07, 6.45) is -1.55. The van der Waals surface area contributed by atoms with Gasteiger partial charge < -0.3 is 0 Å². The summed E-state index contributed by atoms with van der Waals surface area (Å²) >= 11 is 5.55. The van der Waals surface area contributed by atoms with Crippen molar-refractivity contribution in [2.75, 3.05) is 0 Å². The van der Waals surface area contributed by atoms with Crippen molar-refractivity contribution in [2.45, 2.75) is 6.17 Å². The Morgan fingerprint density at radius 1 is 1.36 bits per heavy atom. The van der Waals surface area contributed by atoms with Crippen LogP contribution in [0.4, 0.5) is 4.39 Å². The van der Waals surface area contributed by atoms with Gasteiger partial charge in [0.2, 0.25) is 6.17 Å². The molecule has 0 N–H and O–H groups in total. The quantitative estimate of drug-likeness (QED) is 0.634. The van der Waals surface area contributed by atoms with Crippen LogP contribution in [-0.4, -0.2) is 0 Å². The van der Waals surface area contributed by atoms with Crippen LogP contribution in [-0.2, 0) is 0 Å². The van der Waals surface area contributed by atoms with Gasteiger partial charge in [-0.25, -0.2) is 4.39 Å². The molecule has 3 heteroatoms. The highest BCUT2D eigenvalue weighted by Gasteiger charge is 2.05. The molecule has 0 spiro atoms. The highest BCUT2D eigenvalue weighted by molar-refractivity contribution is 6.30. The van der Waals surface area contributed by atoms with Gasteiger partial charge in [-0.15, -0.1) is 0 Å². The van der Waals surface area contributed by atoms with Crippen molar-refractivity contribution in [1.82, 2.24) is 0 Å². The van der Waals surface area contributed by atoms with Gasteiger partial charge in [-0.1, -0.05) is 23.7 Å². The Labute approximate surface area is 69.0 Å². The first kappa shape index (κ1) is 8.03. The minimum Gasteiger partial charge on any atom is -0.226 e. The van der Waals surface area contributed by atoms with E-state index in [1.165, 1.54) is 18.2 Å². The van der Waals surface area contributed by atoms with Crippen molar-refractivity contribution in [2.24, 2.45) is 0 Å². The molecule has 0 bridgehead atoms. The molecule has 0 saturated carbocycles. The van der Waals surface area contributed by atoms with E-state index in [1.807, 2.05) is 0 Å². The Hall–Kier alpha value is -1.07. The molecule has 56 valence electrons. The second-order valence-corrected chi connectivity index (χ2v) is 2.48. The highest BCUT2D eigenvalue weighted by atomic mass is 35.5. The molecule has 0 amide bonds. The Bertz CT molecular complexity index is 275. The van der Waals surface area contributed by atoms with E-state index in [0.717, 1.165) is 0 Å². The molecule has 0 saturated heterocycles. The molecule has 1 rings (SSSR count). The predicted molar refractivity (Wildman–Crippen MR) is 40.9 cm³/mol. The Morgan fingerprint density at radius 2 is 1.91 bits per heavy atom. The van der Waals surface area contributed by atoms with E-state index >= 15 is 0 Å². The van der Waals surface area contributed by atoms with Gasteiger partial charge in [0.1, 0.15) is 6.07 Å². The first-order chi connectivity index (χ1) is 5.24. The minimum absolute atomic E-state index is 0.344. The molecule has 0 aromatic heterocycles. The Morgan fingerprint density at radius 3 is 2.36 bits per heavy atom. The van der Waals surface area contributed by atoms with Crippen LogP contribution in [0.5, 0.6) is 0 Å². The van der Waals surface area contributed by atoms with Crippen LogP contribution in [0.25, 0.3) is 0 Å². The maximum Gasteiger partial charge on any atom is 0.211 e. The third-order valence-electron chi connectivity index (χ3n) is 1.28. The van der Waals surface area contributed by atoms with Gasteiger partial charge in [0, 0.05) is 10.6 Å². The molecule has 0 radical (unpaired) electrons. The van der Waals surface area contributed by atoms with Crippen LogP contribution >= 0.6 is 11.6 Å². The molecule has 1 aromatic carbocycles. The molecule has 0 heterocycles. The molecule has 11 heavy (non-hydrogen) atoms. The summed E-state index contributed by atoms with van der Waals surface area (Å²) in [5.41, 5.74) is 0.344. The first-order valence-electron chi connectivity index (χ1n) is 3.03. The zero-order valence-electron chi connectivity index (χ0n) is 5.59. The summed E-state index contributed by atoms with van der Waals surface area (Å²) in [4.78, 5) is 0. The van der Waals surface area contributed by atoms with Gasteiger partial charge in [0.15, 0.2) is 0 Å². The SMILES string of the molecule is N#C[C@@H](F)c1ccc(Cl)cc1. The number of nitrogens with zero attached hydrogens (tertiary/aromatic N) is 1. The predicted octanol–water partition coefficient (Wildman–Crippen LogP) is 2.87. The summed E-state index contributed by atoms with van der Waals surface area (Å²) in [7, 11) is 0. The van der Waals surface area contributed by atoms with E-state index in [-0.39, 0.29) is 0 Å². The first-order valence-corrected chi connectivity index (χ1v) is 3.41. The number of benzene rings is 1. The lowest BCUT2D eigenvalue weighted by Crippen LogP contribution is -1.85. The summed E-state index contributed by atoms with van der Waals surface area (Å²) in [5, 5.41) is 8.74. The minimum atomic E-state index is -1.55. The summed E-state index contributed by atoms with van der Waals surface area (Å²) in [5.74, 6) is 0. The largest absolute Gasteiger partial charge is 0.226 e. The fourth-order valence-electron chi connectivity index (χ4n) is 0.706. The monoisotopic (exact) mass is 169 g/mol. The number of hydrogen-bond donors (Lipinski definition) is 0. The topological polar surface area (TPSA) is 23.8 Å². The van der Waals surface area contributed by atoms with Crippen molar-refractivity contribution >= 4 is 11.6 Å². The van der Waals surface area contributed by atoms with Crippen molar-refractivity contribution in [3.8, 4) is 6.07 Å². The van der Waals surface area contributed by atoms with Crippen molar-refractivity contribution in [1.29, 1.82) is 5.26 Å². The van der Waals surface area contributed by atoms with E-state index in [0.29, 0.717) is 10.6 Å². The molecule has 1 aromatic rings. The average Bonchev–Trinajstić information content (AvgIpc) is 2.05. The van der Waals surface area contributed by atoms with Crippen molar-refractivity contribution in [3.05, 3.63) is 34.9 Å². The molecule has 0 aliphatic rings. The van der Waals surface area contributed by atoms with Gasteiger partial charge in [-0.05, 0) is 12.1 Å². The van der Waals surface area contributed by atoms with Crippen LogP contribution < -0.4 is 0 Å². The molecule has 1 nitrogen and oxygen atoms in total. The number of rotatable bonds is 1. The van der Waals surface area contributed by atoms with Gasteiger partial charge in [-0.2, -0.15) is 5.26 Å². The van der Waals surface area contributed by atoms with Crippen LogP contribution in [0.15, 0.2) is 24.3 Å². The molecular formula is C8H5ClFN. The van der Waals surface area contributed by atoms with Gasteiger partial charge in [0.05, 0.1) is 0 Å². The average molecular weight is 170 g/mol. The maximum absolute atomic E-state index is 12.6. The number of alkyl halides is 1. The summed E-state index contributed by atoms with van der Waals surface area (Å²) in [6.45, 7) is 0. The van der Waals surface area contributed by atoms with Gasteiger partial charge in [0.25, 0.3) is 0 Å². The number of halogens is 2. The Kier molecular flexibility index (Phi) is 2.45. The summed E-state index contributed by atoms with van der Waals surface area (Å²) < 4.78 is 12.6. The van der Waals surface area contributed by atoms with Gasteiger partial charge >= 0.3 is 0 Å². The van der Waals surface area contributed by atoms with E-state index in [4.69, 9.17) is 16.9 Å². The second-order valence-electron chi connectivity index (χ2n) is 2.04. The maximum atomic E-state index is 12.6.